The predicted molar refractivity (Wildman–Crippen MR) is 111 cm³/mol. The zero-order valence-electron chi connectivity index (χ0n) is 15.2. The Morgan fingerprint density at radius 1 is 0.963 bits per heavy atom. The average molecular weight is 377 g/mol. The summed E-state index contributed by atoms with van der Waals surface area (Å²) in [4.78, 5) is 4.83. The minimum absolute atomic E-state index is 0.651. The highest BCUT2D eigenvalue weighted by molar-refractivity contribution is 6.33. The van der Waals surface area contributed by atoms with Gasteiger partial charge in [0.1, 0.15) is 11.6 Å². The van der Waals surface area contributed by atoms with E-state index in [9.17, 15) is 0 Å². The fourth-order valence-corrected chi connectivity index (χ4v) is 3.49. The molecule has 0 aliphatic heterocycles. The van der Waals surface area contributed by atoms with Gasteiger partial charge in [0.2, 0.25) is 0 Å². The van der Waals surface area contributed by atoms with Crippen LogP contribution in [0.4, 0.5) is 0 Å². The van der Waals surface area contributed by atoms with Gasteiger partial charge in [-0.05, 0) is 55.3 Å². The van der Waals surface area contributed by atoms with Crippen LogP contribution in [0.1, 0.15) is 12.0 Å². The number of imidazole rings is 1. The van der Waals surface area contributed by atoms with E-state index >= 15 is 0 Å². The molecule has 0 amide bonds. The van der Waals surface area contributed by atoms with Gasteiger partial charge in [0.25, 0.3) is 0 Å². The summed E-state index contributed by atoms with van der Waals surface area (Å²) < 4.78 is 8.14. The number of benzene rings is 3. The summed E-state index contributed by atoms with van der Waals surface area (Å²) in [5.41, 5.74) is 4.25. The lowest BCUT2D eigenvalue weighted by Crippen LogP contribution is -2.06. The number of aromatic nitrogens is 2. The largest absolute Gasteiger partial charge is 0.494 e. The van der Waals surface area contributed by atoms with Gasteiger partial charge in [-0.15, -0.1) is 0 Å². The van der Waals surface area contributed by atoms with E-state index in [-0.39, 0.29) is 0 Å². The van der Waals surface area contributed by atoms with Crippen molar-refractivity contribution >= 4 is 22.6 Å². The van der Waals surface area contributed by atoms with Crippen molar-refractivity contribution in [2.75, 3.05) is 6.61 Å². The van der Waals surface area contributed by atoms with Crippen molar-refractivity contribution in [3.05, 3.63) is 83.4 Å². The summed E-state index contributed by atoms with van der Waals surface area (Å²) >= 11 is 6.44. The van der Waals surface area contributed by atoms with E-state index in [0.717, 1.165) is 41.1 Å². The molecule has 4 aromatic rings. The van der Waals surface area contributed by atoms with Crippen molar-refractivity contribution in [3.8, 4) is 17.1 Å². The van der Waals surface area contributed by atoms with E-state index in [4.69, 9.17) is 21.3 Å². The molecule has 1 aromatic heterocycles. The van der Waals surface area contributed by atoms with Crippen molar-refractivity contribution in [2.45, 2.75) is 19.9 Å². The van der Waals surface area contributed by atoms with Crippen LogP contribution in [-0.4, -0.2) is 16.2 Å². The molecule has 0 spiro atoms. The molecule has 3 nitrogen and oxygen atoms in total. The maximum atomic E-state index is 6.44. The summed E-state index contributed by atoms with van der Waals surface area (Å²) in [7, 11) is 0. The quantitative estimate of drug-likeness (QED) is 0.378. The van der Waals surface area contributed by atoms with E-state index < -0.39 is 0 Å². The Balaban J connectivity index is 1.57. The van der Waals surface area contributed by atoms with Gasteiger partial charge in [-0.1, -0.05) is 48.0 Å². The molecule has 0 aliphatic carbocycles. The molecule has 0 saturated carbocycles. The number of halogens is 1. The highest BCUT2D eigenvalue weighted by Crippen LogP contribution is 2.30. The topological polar surface area (TPSA) is 27.1 Å². The molecule has 0 fully saturated rings. The third-order valence-corrected chi connectivity index (χ3v) is 4.88. The zero-order chi connectivity index (χ0) is 18.6. The van der Waals surface area contributed by atoms with Crippen molar-refractivity contribution in [3.63, 3.8) is 0 Å². The predicted octanol–water partition coefficient (Wildman–Crippen LogP) is 6.13. The average Bonchev–Trinajstić information content (AvgIpc) is 3.04. The second-order valence-electron chi connectivity index (χ2n) is 6.57. The van der Waals surface area contributed by atoms with Crippen LogP contribution < -0.4 is 4.74 Å². The van der Waals surface area contributed by atoms with Gasteiger partial charge in [0.05, 0.1) is 22.7 Å². The van der Waals surface area contributed by atoms with Crippen LogP contribution in [-0.2, 0) is 6.54 Å². The number of nitrogens with zero attached hydrogens (tertiary/aromatic N) is 2. The molecule has 0 saturated heterocycles. The number of fused-ring (bicyclic) bond motifs is 1. The molecule has 3 aromatic carbocycles. The van der Waals surface area contributed by atoms with Gasteiger partial charge >= 0.3 is 0 Å². The van der Waals surface area contributed by atoms with Gasteiger partial charge in [0.15, 0.2) is 0 Å². The number of hydrogen-bond acceptors (Lipinski definition) is 2. The Bertz CT molecular complexity index is 1070. The SMILES string of the molecule is Cc1cccc(OCCCn2c(-c3ccccc3Cl)nc3ccccc32)c1. The third kappa shape index (κ3) is 3.83. The Morgan fingerprint density at radius 3 is 2.63 bits per heavy atom. The first-order valence-electron chi connectivity index (χ1n) is 9.12. The molecule has 0 aliphatic rings. The number of hydrogen-bond donors (Lipinski definition) is 0. The molecule has 0 unspecified atom stereocenters. The molecule has 136 valence electrons. The first-order chi connectivity index (χ1) is 13.2. The van der Waals surface area contributed by atoms with E-state index in [1.54, 1.807) is 0 Å². The molecule has 1 heterocycles. The number of rotatable bonds is 6. The molecule has 0 atom stereocenters. The lowest BCUT2D eigenvalue weighted by Gasteiger charge is -2.11. The number of para-hydroxylation sites is 2. The van der Waals surface area contributed by atoms with Crippen molar-refractivity contribution in [1.82, 2.24) is 9.55 Å². The van der Waals surface area contributed by atoms with Crippen molar-refractivity contribution in [2.24, 2.45) is 0 Å². The highest BCUT2D eigenvalue weighted by Gasteiger charge is 2.14. The normalized spacial score (nSPS) is 11.0. The summed E-state index contributed by atoms with van der Waals surface area (Å²) in [6.07, 6.45) is 0.881. The number of aryl methyl sites for hydroxylation is 2. The van der Waals surface area contributed by atoms with Crippen molar-refractivity contribution < 1.29 is 4.74 Å². The summed E-state index contributed by atoms with van der Waals surface area (Å²) in [5.74, 6) is 1.81. The molecular formula is C23H21ClN2O. The minimum atomic E-state index is 0.651. The summed E-state index contributed by atoms with van der Waals surface area (Å²) in [6, 6.07) is 24.2. The maximum absolute atomic E-state index is 6.44. The summed E-state index contributed by atoms with van der Waals surface area (Å²) in [5, 5.41) is 0.713. The van der Waals surface area contributed by atoms with Gasteiger partial charge in [-0.2, -0.15) is 0 Å². The van der Waals surface area contributed by atoms with Gasteiger partial charge in [-0.3, -0.25) is 0 Å². The summed E-state index contributed by atoms with van der Waals surface area (Å²) in [6.45, 7) is 3.53. The smallest absolute Gasteiger partial charge is 0.142 e. The van der Waals surface area contributed by atoms with Crippen LogP contribution in [0.2, 0.25) is 5.02 Å². The minimum Gasteiger partial charge on any atom is -0.494 e. The van der Waals surface area contributed by atoms with Crippen molar-refractivity contribution in [1.29, 1.82) is 0 Å². The molecule has 4 heteroatoms. The van der Waals surface area contributed by atoms with Crippen LogP contribution in [0.3, 0.4) is 0 Å². The first-order valence-corrected chi connectivity index (χ1v) is 9.50. The fourth-order valence-electron chi connectivity index (χ4n) is 3.27. The van der Waals surface area contributed by atoms with E-state index in [1.165, 1.54) is 5.56 Å². The van der Waals surface area contributed by atoms with Crippen LogP contribution in [0.5, 0.6) is 5.75 Å². The van der Waals surface area contributed by atoms with Gasteiger partial charge < -0.3 is 9.30 Å². The highest BCUT2D eigenvalue weighted by atomic mass is 35.5. The monoisotopic (exact) mass is 376 g/mol. The van der Waals surface area contributed by atoms with Gasteiger partial charge in [-0.25, -0.2) is 4.98 Å². The van der Waals surface area contributed by atoms with E-state index in [0.29, 0.717) is 11.6 Å². The Morgan fingerprint density at radius 2 is 1.78 bits per heavy atom. The van der Waals surface area contributed by atoms with Crippen LogP contribution >= 0.6 is 11.6 Å². The van der Waals surface area contributed by atoms with E-state index in [2.05, 4.69) is 29.7 Å². The Hall–Kier alpha value is -2.78. The maximum Gasteiger partial charge on any atom is 0.142 e. The second kappa shape index (κ2) is 7.85. The fraction of sp³-hybridized carbons (Fsp3) is 0.174. The van der Waals surface area contributed by atoms with Gasteiger partial charge in [0, 0.05) is 12.1 Å². The molecule has 0 bridgehead atoms. The third-order valence-electron chi connectivity index (χ3n) is 4.55. The Labute approximate surface area is 164 Å². The Kier molecular flexibility index (Phi) is 5.12. The molecule has 4 rings (SSSR count). The standard InChI is InChI=1S/C23H21ClN2O/c1-17-8-6-9-18(16-17)27-15-7-14-26-22-13-5-4-12-21(22)25-23(26)19-10-2-3-11-20(19)24/h2-6,8-13,16H,7,14-15H2,1H3. The zero-order valence-corrected chi connectivity index (χ0v) is 16.0. The van der Waals surface area contributed by atoms with Crippen LogP contribution in [0.25, 0.3) is 22.4 Å². The molecule has 0 N–H and O–H groups in total. The molecule has 27 heavy (non-hydrogen) atoms. The number of ether oxygens (including phenoxy) is 1. The second-order valence-corrected chi connectivity index (χ2v) is 6.98. The molecular weight excluding hydrogens is 356 g/mol. The first kappa shape index (κ1) is 17.6. The van der Waals surface area contributed by atoms with Crippen LogP contribution in [0.15, 0.2) is 72.8 Å². The van der Waals surface area contributed by atoms with Crippen LogP contribution in [0, 0.1) is 6.92 Å². The van der Waals surface area contributed by atoms with E-state index in [1.807, 2.05) is 54.6 Å². The lowest BCUT2D eigenvalue weighted by atomic mass is 10.2. The lowest BCUT2D eigenvalue weighted by molar-refractivity contribution is 0.302. The molecule has 0 radical (unpaired) electrons.